The van der Waals surface area contributed by atoms with E-state index >= 15 is 0 Å². The molecule has 19 heteroatoms. The number of halogens is 1. The van der Waals surface area contributed by atoms with Crippen molar-refractivity contribution in [3.05, 3.63) is 76.9 Å². The summed E-state index contributed by atoms with van der Waals surface area (Å²) in [5, 5.41) is 10.1. The maximum absolute atomic E-state index is 13.2. The van der Waals surface area contributed by atoms with Gasteiger partial charge in [0.2, 0.25) is 11.8 Å². The summed E-state index contributed by atoms with van der Waals surface area (Å²) in [6.07, 6.45) is 14.7. The summed E-state index contributed by atoms with van der Waals surface area (Å²) in [5.41, 5.74) is 9.88. The largest absolute Gasteiger partial charge is 0.495 e. The summed E-state index contributed by atoms with van der Waals surface area (Å²) < 4.78 is 10.8. The normalized spacial score (nSPS) is 20.6. The first-order valence-electron chi connectivity index (χ1n) is 27.8. The molecule has 2 atom stereocenters. The molecule has 6 aliphatic rings. The second kappa shape index (κ2) is 25.9. The first-order valence-corrected chi connectivity index (χ1v) is 28.2. The number of ether oxygens (including phenoxy) is 2. The van der Waals surface area contributed by atoms with Crippen LogP contribution in [0.1, 0.15) is 124 Å². The third-order valence-electron chi connectivity index (χ3n) is 16.3. The molecule has 0 spiro atoms. The highest BCUT2D eigenvalue weighted by Gasteiger charge is 2.42. The minimum absolute atomic E-state index is 0.0622. The van der Waals surface area contributed by atoms with Gasteiger partial charge in [-0.05, 0) is 165 Å². The summed E-state index contributed by atoms with van der Waals surface area (Å²) in [6, 6.07) is 19.0. The molecule has 0 bridgehead atoms. The number of hydrogen-bond donors (Lipinski definition) is 4. The van der Waals surface area contributed by atoms with E-state index in [0.717, 1.165) is 119 Å². The fourth-order valence-corrected chi connectivity index (χ4v) is 11.9. The lowest BCUT2D eigenvalue weighted by Crippen LogP contribution is -2.55. The maximum Gasteiger partial charge on any atom is 0.251 e. The lowest BCUT2D eigenvalue weighted by atomic mass is 10.0. The highest BCUT2D eigenvalue weighted by atomic mass is 35.5. The zero-order chi connectivity index (χ0) is 54.9. The quantitative estimate of drug-likeness (QED) is 0.0779. The Kier molecular flexibility index (Phi) is 19.1. The number of pyridine rings is 2. The Morgan fingerprint density at radius 1 is 0.610 bits per heavy atom. The number of likely N-dealkylation sites (N-methyl/N-ethyl adjacent to an activating group) is 2. The van der Waals surface area contributed by atoms with Gasteiger partial charge in [-0.2, -0.15) is 0 Å². The van der Waals surface area contributed by atoms with E-state index in [2.05, 4.69) is 68.5 Å². The zero-order valence-corrected chi connectivity index (χ0v) is 47.2. The van der Waals surface area contributed by atoms with Gasteiger partial charge in [0, 0.05) is 49.4 Å². The van der Waals surface area contributed by atoms with Crippen LogP contribution in [0, 0.1) is 0 Å². The predicted octanol–water partition coefficient (Wildman–Crippen LogP) is 8.50. The molecular weight excluding hydrogens is 996 g/mol. The number of hydrogen-bond acceptors (Lipinski definition) is 14. The summed E-state index contributed by atoms with van der Waals surface area (Å²) in [4.78, 5) is 72.9. The number of nitrogens with zero attached hydrogens (tertiary/aromatic N) is 8. The van der Waals surface area contributed by atoms with Crippen molar-refractivity contribution in [2.75, 3.05) is 99.2 Å². The van der Waals surface area contributed by atoms with E-state index in [1.54, 1.807) is 54.4 Å². The van der Waals surface area contributed by atoms with Crippen LogP contribution in [0.3, 0.4) is 0 Å². The van der Waals surface area contributed by atoms with Crippen LogP contribution in [0.4, 0.5) is 40.2 Å². The van der Waals surface area contributed by atoms with Crippen molar-refractivity contribution in [3.8, 4) is 11.5 Å². The van der Waals surface area contributed by atoms with Crippen molar-refractivity contribution < 1.29 is 28.7 Å². The number of carbonyl (C=O) groups excluding carboxylic acids is 4. The van der Waals surface area contributed by atoms with Crippen LogP contribution in [0.2, 0.25) is 5.15 Å². The smallest absolute Gasteiger partial charge is 0.251 e. The third kappa shape index (κ3) is 13.1. The van der Waals surface area contributed by atoms with Gasteiger partial charge in [0.15, 0.2) is 11.6 Å². The van der Waals surface area contributed by atoms with Gasteiger partial charge in [0.25, 0.3) is 11.8 Å². The lowest BCUT2D eigenvalue weighted by Gasteiger charge is -2.43. The summed E-state index contributed by atoms with van der Waals surface area (Å²) in [7, 11) is 11.0. The first kappa shape index (κ1) is 56.8. The third-order valence-corrected chi connectivity index (χ3v) is 16.5. The number of anilines is 7. The fourth-order valence-electron chi connectivity index (χ4n) is 11.8. The number of rotatable bonds is 12. The van der Waals surface area contributed by atoms with Crippen LogP contribution in [0.15, 0.2) is 60.7 Å². The number of amides is 4. The average molecular weight is 1080 g/mol. The Morgan fingerprint density at radius 2 is 1.05 bits per heavy atom. The van der Waals surface area contributed by atoms with Crippen molar-refractivity contribution in [3.63, 3.8) is 0 Å². The van der Waals surface area contributed by atoms with E-state index < -0.39 is 0 Å². The number of aromatic nitrogens is 2. The maximum atomic E-state index is 13.2. The molecule has 2 saturated heterocycles. The molecular formula is C58H81ClN12O6. The standard InChI is InChI=1S/C29H40N6O3.C15H20ClN3O.C14H21N3O2/c1-5-23-29(37)34(3)24-12-13-26(32-27(24)35(23)21-8-6-7-9-21)31-22-11-10-19(18-25(22)38-4)28(36)30-20-14-16-33(2)17-15-20;1-3-11-15(20)18(2)12-8-9-13(16)17-14(12)19(11)10-6-4-5-7-10;1-17-7-5-11(6-8-17)16-14(18)10-3-4-12(15)13(9-10)19-2/h10-13,18,20-21,23H,5-9,14-17H2,1-4H3,(H,30,36)(H,31,32);8-11H,3-7H2,1-2H3;3-4,9,11H,5-8,15H2,1-2H3,(H,16,18)/t23-;11-;/m11./s1. The molecule has 416 valence electrons. The second-order valence-electron chi connectivity index (χ2n) is 21.4. The van der Waals surface area contributed by atoms with Crippen LogP contribution in [-0.4, -0.2) is 148 Å². The molecule has 4 fully saturated rings. The highest BCUT2D eigenvalue weighted by Crippen LogP contribution is 2.43. The van der Waals surface area contributed by atoms with Crippen LogP contribution in [0.5, 0.6) is 11.5 Å². The van der Waals surface area contributed by atoms with Crippen LogP contribution < -0.4 is 50.8 Å². The summed E-state index contributed by atoms with van der Waals surface area (Å²) in [5.74, 6) is 3.66. The molecule has 4 aliphatic heterocycles. The van der Waals surface area contributed by atoms with Crippen molar-refractivity contribution in [2.45, 2.75) is 140 Å². The van der Waals surface area contributed by atoms with Gasteiger partial charge < -0.3 is 60.6 Å². The molecule has 5 N–H and O–H groups in total. The monoisotopic (exact) mass is 1080 g/mol. The van der Waals surface area contributed by atoms with Crippen molar-refractivity contribution in [1.29, 1.82) is 0 Å². The number of benzene rings is 2. The van der Waals surface area contributed by atoms with Crippen LogP contribution in [-0.2, 0) is 9.59 Å². The average Bonchev–Trinajstić information content (AvgIpc) is 4.20. The van der Waals surface area contributed by atoms with Gasteiger partial charge in [0.1, 0.15) is 34.6 Å². The fraction of sp³-hybridized carbons (Fsp3) is 0.552. The molecule has 2 saturated carbocycles. The predicted molar refractivity (Wildman–Crippen MR) is 308 cm³/mol. The molecule has 18 nitrogen and oxygen atoms in total. The van der Waals surface area contributed by atoms with Crippen molar-refractivity contribution in [2.24, 2.45) is 0 Å². The first-order chi connectivity index (χ1) is 37.1. The highest BCUT2D eigenvalue weighted by molar-refractivity contribution is 6.29. The Labute approximate surface area is 460 Å². The minimum atomic E-state index is -0.199. The van der Waals surface area contributed by atoms with E-state index in [-0.39, 0.29) is 47.8 Å². The Hall–Kier alpha value is -6.37. The van der Waals surface area contributed by atoms with Crippen LogP contribution >= 0.6 is 11.6 Å². The molecule has 77 heavy (non-hydrogen) atoms. The van der Waals surface area contributed by atoms with Gasteiger partial charge in [-0.3, -0.25) is 19.2 Å². The Balaban J connectivity index is 0.000000169. The number of methoxy groups -OCH3 is 2. The van der Waals surface area contributed by atoms with Crippen molar-refractivity contribution >= 4 is 75.4 Å². The number of likely N-dealkylation sites (tertiary alicyclic amines) is 2. The lowest BCUT2D eigenvalue weighted by molar-refractivity contribution is -0.120. The number of fused-ring (bicyclic) bond motifs is 2. The molecule has 4 aromatic rings. The number of nitrogens with two attached hydrogens (primary N) is 1. The summed E-state index contributed by atoms with van der Waals surface area (Å²) in [6.45, 7) is 8.17. The van der Waals surface area contributed by atoms with Crippen LogP contribution in [0.25, 0.3) is 0 Å². The number of carbonyl (C=O) groups is 4. The molecule has 6 heterocycles. The Morgan fingerprint density at radius 3 is 1.52 bits per heavy atom. The second-order valence-corrected chi connectivity index (χ2v) is 21.8. The van der Waals surface area contributed by atoms with E-state index in [4.69, 9.17) is 31.8 Å². The molecule has 0 unspecified atom stereocenters. The topological polar surface area (TPSA) is 194 Å². The SMILES string of the molecule is CC[C@@H]1C(=O)N(C)c2ccc(Cl)nc2N1C1CCCC1.CC[C@@H]1C(=O)N(C)c2ccc(Nc3ccc(C(=O)NC4CCN(C)CC4)cc3OC)nc2N1C1CCCC1.COc1cc(C(=O)NC2CCN(C)CC2)ccc1N. The minimum Gasteiger partial charge on any atom is -0.495 e. The zero-order valence-electron chi connectivity index (χ0n) is 46.4. The van der Waals surface area contributed by atoms with E-state index in [1.165, 1.54) is 25.7 Å². The molecule has 2 aliphatic carbocycles. The van der Waals surface area contributed by atoms with Crippen molar-refractivity contribution in [1.82, 2.24) is 30.4 Å². The van der Waals surface area contributed by atoms with Gasteiger partial charge in [-0.25, -0.2) is 9.97 Å². The van der Waals surface area contributed by atoms with Gasteiger partial charge in [0.05, 0.1) is 37.0 Å². The molecule has 0 radical (unpaired) electrons. The van der Waals surface area contributed by atoms with E-state index in [1.807, 2.05) is 44.4 Å². The molecule has 10 rings (SSSR count). The van der Waals surface area contributed by atoms with E-state index in [0.29, 0.717) is 51.4 Å². The van der Waals surface area contributed by atoms with Gasteiger partial charge in [-0.15, -0.1) is 0 Å². The number of piperidine rings is 2. The number of nitrogens with one attached hydrogen (secondary N) is 3. The van der Waals surface area contributed by atoms with Gasteiger partial charge in [-0.1, -0.05) is 51.1 Å². The number of nitrogen functional groups attached to an aromatic ring is 1. The summed E-state index contributed by atoms with van der Waals surface area (Å²) >= 11 is 6.08. The van der Waals surface area contributed by atoms with Gasteiger partial charge >= 0.3 is 0 Å². The van der Waals surface area contributed by atoms with E-state index in [9.17, 15) is 19.2 Å². The molecule has 2 aromatic heterocycles. The molecule has 2 aromatic carbocycles. The molecule has 4 amide bonds. The Bertz CT molecular complexity index is 2700.